The van der Waals surface area contributed by atoms with Crippen LogP contribution in [0.3, 0.4) is 0 Å². The monoisotopic (exact) mass is 335 g/mol. The Balaban J connectivity index is 1.79. The zero-order chi connectivity index (χ0) is 14.8. The van der Waals surface area contributed by atoms with Crippen LogP contribution in [0.5, 0.6) is 5.75 Å². The largest absolute Gasteiger partial charge is 0.422 e. The zero-order valence-corrected chi connectivity index (χ0v) is 13.4. The van der Waals surface area contributed by atoms with Gasteiger partial charge in [-0.15, -0.1) is 11.3 Å². The van der Waals surface area contributed by atoms with E-state index in [1.54, 1.807) is 34.9 Å². The summed E-state index contributed by atoms with van der Waals surface area (Å²) in [6.07, 6.45) is 0. The second-order valence-electron chi connectivity index (χ2n) is 4.35. The summed E-state index contributed by atoms with van der Waals surface area (Å²) in [6.45, 7) is 1.84. The third kappa shape index (κ3) is 3.15. The molecule has 21 heavy (non-hydrogen) atoms. The Bertz CT molecular complexity index is 781. The van der Waals surface area contributed by atoms with Crippen molar-refractivity contribution in [2.75, 3.05) is 0 Å². The van der Waals surface area contributed by atoms with Crippen molar-refractivity contribution in [3.05, 3.63) is 56.7 Å². The first kappa shape index (κ1) is 14.3. The topological polar surface area (TPSA) is 39.2 Å². The Morgan fingerprint density at radius 3 is 2.86 bits per heavy atom. The quantitative estimate of drug-likeness (QED) is 0.496. The number of esters is 1. The molecule has 3 rings (SSSR count). The molecule has 0 atom stereocenters. The second kappa shape index (κ2) is 5.97. The third-order valence-electron chi connectivity index (χ3n) is 2.82. The van der Waals surface area contributed by atoms with Crippen molar-refractivity contribution in [3.63, 3.8) is 0 Å². The normalized spacial score (nSPS) is 10.6. The molecule has 0 amide bonds. The van der Waals surface area contributed by atoms with Gasteiger partial charge in [0.1, 0.15) is 10.8 Å². The van der Waals surface area contributed by atoms with Crippen molar-refractivity contribution in [2.24, 2.45) is 0 Å². The van der Waals surface area contributed by atoms with Crippen LogP contribution in [0.15, 0.2) is 40.4 Å². The maximum Gasteiger partial charge on any atom is 0.363 e. The van der Waals surface area contributed by atoms with Gasteiger partial charge in [-0.1, -0.05) is 11.6 Å². The number of halogens is 1. The summed E-state index contributed by atoms with van der Waals surface area (Å²) in [5.74, 6) is 0.0348. The van der Waals surface area contributed by atoms with E-state index in [9.17, 15) is 4.79 Å². The van der Waals surface area contributed by atoms with Gasteiger partial charge >= 0.3 is 5.97 Å². The summed E-state index contributed by atoms with van der Waals surface area (Å²) in [5.41, 5.74) is 2.14. The Morgan fingerprint density at radius 1 is 1.29 bits per heavy atom. The van der Waals surface area contributed by atoms with Crippen LogP contribution in [-0.4, -0.2) is 11.0 Å². The molecule has 0 unspecified atom stereocenters. The molecule has 0 aliphatic heterocycles. The number of ether oxygens (including phenoxy) is 1. The number of carbonyl (C=O) groups excluding carboxylic acids is 1. The molecule has 0 N–H and O–H groups in total. The highest BCUT2D eigenvalue weighted by Crippen LogP contribution is 2.27. The Kier molecular flexibility index (Phi) is 4.05. The molecule has 2 heterocycles. The average Bonchev–Trinajstić information content (AvgIpc) is 3.10. The minimum Gasteiger partial charge on any atom is -0.422 e. The van der Waals surface area contributed by atoms with Gasteiger partial charge < -0.3 is 4.74 Å². The second-order valence-corrected chi connectivity index (χ2v) is 6.42. The van der Waals surface area contributed by atoms with Gasteiger partial charge in [-0.2, -0.15) is 11.3 Å². The van der Waals surface area contributed by atoms with Crippen molar-refractivity contribution < 1.29 is 9.53 Å². The summed E-state index contributed by atoms with van der Waals surface area (Å²) in [7, 11) is 0. The van der Waals surface area contributed by atoms with E-state index in [0.29, 0.717) is 16.5 Å². The van der Waals surface area contributed by atoms with Gasteiger partial charge in [-0.3, -0.25) is 0 Å². The lowest BCUT2D eigenvalue weighted by Crippen LogP contribution is -2.09. The molecule has 3 nitrogen and oxygen atoms in total. The Morgan fingerprint density at radius 2 is 2.14 bits per heavy atom. The lowest BCUT2D eigenvalue weighted by atomic mass is 10.2. The van der Waals surface area contributed by atoms with Crippen LogP contribution < -0.4 is 4.74 Å². The molecule has 0 spiro atoms. The van der Waals surface area contributed by atoms with E-state index in [0.717, 1.165) is 16.1 Å². The van der Waals surface area contributed by atoms with Gasteiger partial charge in [-0.25, -0.2) is 9.78 Å². The van der Waals surface area contributed by atoms with Gasteiger partial charge in [0, 0.05) is 21.3 Å². The highest BCUT2D eigenvalue weighted by molar-refractivity contribution is 7.14. The molecular weight excluding hydrogens is 326 g/mol. The van der Waals surface area contributed by atoms with E-state index in [-0.39, 0.29) is 0 Å². The minimum absolute atomic E-state index is 0.315. The summed E-state index contributed by atoms with van der Waals surface area (Å²) in [5, 5.41) is 7.11. The Hall–Kier alpha value is -1.69. The summed E-state index contributed by atoms with van der Waals surface area (Å²) in [4.78, 5) is 16.4. The van der Waals surface area contributed by atoms with Crippen molar-refractivity contribution in [1.82, 2.24) is 4.98 Å². The average molecular weight is 336 g/mol. The van der Waals surface area contributed by atoms with E-state index in [2.05, 4.69) is 4.98 Å². The van der Waals surface area contributed by atoms with Gasteiger partial charge in [0.25, 0.3) is 0 Å². The van der Waals surface area contributed by atoms with Crippen LogP contribution in [0.1, 0.15) is 16.1 Å². The van der Waals surface area contributed by atoms with Crippen LogP contribution in [0.4, 0.5) is 0 Å². The van der Waals surface area contributed by atoms with E-state index < -0.39 is 5.97 Å². The fraction of sp³-hybridized carbons (Fsp3) is 0.0667. The standard InChI is InChI=1S/C15H10ClNO2S2/c1-9-6-11(16)2-3-13(9)19-15(18)12-8-21-14(17-12)10-4-5-20-7-10/h2-8H,1H3. The molecule has 3 aromatic rings. The summed E-state index contributed by atoms with van der Waals surface area (Å²) >= 11 is 8.90. The SMILES string of the molecule is Cc1cc(Cl)ccc1OC(=O)c1csc(-c2ccsc2)n1. The number of aryl methyl sites for hydroxylation is 1. The first-order chi connectivity index (χ1) is 10.1. The molecule has 0 aliphatic carbocycles. The molecular formula is C15H10ClNO2S2. The maximum atomic E-state index is 12.1. The van der Waals surface area contributed by atoms with Gasteiger partial charge in [0.2, 0.25) is 0 Å². The molecule has 0 fully saturated rings. The number of thiazole rings is 1. The number of thiophene rings is 1. The summed E-state index contributed by atoms with van der Waals surface area (Å²) < 4.78 is 5.37. The van der Waals surface area contributed by atoms with E-state index in [1.807, 2.05) is 23.8 Å². The predicted octanol–water partition coefficient (Wildman–Crippen LogP) is 5.05. The first-order valence-electron chi connectivity index (χ1n) is 6.10. The zero-order valence-electron chi connectivity index (χ0n) is 11.0. The van der Waals surface area contributed by atoms with Crippen molar-refractivity contribution in [2.45, 2.75) is 6.92 Å². The van der Waals surface area contributed by atoms with Gasteiger partial charge in [0.15, 0.2) is 5.69 Å². The van der Waals surface area contributed by atoms with Crippen molar-refractivity contribution >= 4 is 40.2 Å². The molecule has 106 valence electrons. The number of nitrogens with zero attached hydrogens (tertiary/aromatic N) is 1. The van der Waals surface area contributed by atoms with Gasteiger partial charge in [-0.05, 0) is 42.1 Å². The third-order valence-corrected chi connectivity index (χ3v) is 4.63. The summed E-state index contributed by atoms with van der Waals surface area (Å²) in [6, 6.07) is 7.10. The highest BCUT2D eigenvalue weighted by Gasteiger charge is 2.15. The van der Waals surface area contributed by atoms with Crippen LogP contribution in [0.2, 0.25) is 5.02 Å². The number of aromatic nitrogens is 1. The molecule has 1 aromatic carbocycles. The maximum absolute atomic E-state index is 12.1. The molecule has 2 aromatic heterocycles. The molecule has 6 heteroatoms. The minimum atomic E-state index is -0.460. The molecule has 0 aliphatic rings. The number of hydrogen-bond donors (Lipinski definition) is 0. The fourth-order valence-corrected chi connectivity index (χ4v) is 3.49. The fourth-order valence-electron chi connectivity index (χ4n) is 1.77. The number of hydrogen-bond acceptors (Lipinski definition) is 5. The van der Waals surface area contributed by atoms with Crippen molar-refractivity contribution in [3.8, 4) is 16.3 Å². The van der Waals surface area contributed by atoms with E-state index >= 15 is 0 Å². The predicted molar refractivity (Wildman–Crippen MR) is 86.6 cm³/mol. The highest BCUT2D eigenvalue weighted by atomic mass is 35.5. The van der Waals surface area contributed by atoms with Crippen LogP contribution in [0, 0.1) is 6.92 Å². The molecule has 0 bridgehead atoms. The molecule has 0 radical (unpaired) electrons. The van der Waals surface area contributed by atoms with E-state index in [4.69, 9.17) is 16.3 Å². The molecule has 0 saturated carbocycles. The number of carbonyl (C=O) groups is 1. The first-order valence-corrected chi connectivity index (χ1v) is 8.30. The smallest absolute Gasteiger partial charge is 0.363 e. The number of rotatable bonds is 3. The van der Waals surface area contributed by atoms with Gasteiger partial charge in [0.05, 0.1) is 0 Å². The van der Waals surface area contributed by atoms with E-state index in [1.165, 1.54) is 11.3 Å². The van der Waals surface area contributed by atoms with Crippen LogP contribution in [0.25, 0.3) is 10.6 Å². The molecule has 0 saturated heterocycles. The van der Waals surface area contributed by atoms with Crippen molar-refractivity contribution in [1.29, 1.82) is 0 Å². The lowest BCUT2D eigenvalue weighted by Gasteiger charge is -2.05. The number of benzene rings is 1. The van der Waals surface area contributed by atoms with Crippen LogP contribution in [-0.2, 0) is 0 Å². The lowest BCUT2D eigenvalue weighted by molar-refractivity contribution is 0.0728. The van der Waals surface area contributed by atoms with Crippen LogP contribution >= 0.6 is 34.3 Å². The Labute approximate surface area is 134 Å².